The third kappa shape index (κ3) is 8.80. The summed E-state index contributed by atoms with van der Waals surface area (Å²) in [7, 11) is 0. The molecule has 5 rings (SSSR count). The zero-order valence-electron chi connectivity index (χ0n) is 27.2. The largest absolute Gasteiger partial charge is 0.484 e. The zero-order valence-corrected chi connectivity index (χ0v) is 28.1. The van der Waals surface area contributed by atoms with E-state index in [0.29, 0.717) is 17.9 Å². The van der Waals surface area contributed by atoms with E-state index in [2.05, 4.69) is 39.0 Å². The number of rotatable bonds is 11. The van der Waals surface area contributed by atoms with E-state index in [-0.39, 0.29) is 18.6 Å². The number of esters is 1. The van der Waals surface area contributed by atoms with Crippen molar-refractivity contribution in [1.82, 2.24) is 0 Å². The highest BCUT2D eigenvalue weighted by Gasteiger charge is 2.49. The minimum Gasteiger partial charge on any atom is -0.484 e. The van der Waals surface area contributed by atoms with Crippen molar-refractivity contribution in [2.75, 3.05) is 6.61 Å². The van der Waals surface area contributed by atoms with E-state index in [1.165, 1.54) is 0 Å². The summed E-state index contributed by atoms with van der Waals surface area (Å²) in [6.07, 6.45) is -2.86. The molecule has 4 aromatic rings. The molecule has 0 spiro atoms. The number of thiol groups is 1. The van der Waals surface area contributed by atoms with E-state index >= 15 is 0 Å². The molecule has 0 bridgehead atoms. The maximum Gasteiger partial charge on any atom is 0.338 e. The molecule has 0 unspecified atom stereocenters. The van der Waals surface area contributed by atoms with Crippen LogP contribution in [-0.2, 0) is 37.6 Å². The molecule has 4 aromatic carbocycles. The van der Waals surface area contributed by atoms with Crippen molar-refractivity contribution in [3.63, 3.8) is 0 Å². The van der Waals surface area contributed by atoms with Crippen LogP contribution in [0.2, 0.25) is 0 Å². The van der Waals surface area contributed by atoms with Gasteiger partial charge in [0.25, 0.3) is 0 Å². The predicted octanol–water partition coefficient (Wildman–Crippen LogP) is 8.03. The third-order valence-corrected chi connectivity index (χ3v) is 8.55. The molecule has 0 saturated carbocycles. The van der Waals surface area contributed by atoms with Gasteiger partial charge >= 0.3 is 5.97 Å². The van der Waals surface area contributed by atoms with Crippen molar-refractivity contribution in [2.24, 2.45) is 0 Å². The molecule has 1 saturated heterocycles. The van der Waals surface area contributed by atoms with Crippen molar-refractivity contribution >= 4 is 18.6 Å². The maximum absolute atomic E-state index is 13.4. The number of hydrogen-bond donors (Lipinski definition) is 1. The normalized spacial score (nSPS) is 21.5. The highest BCUT2D eigenvalue weighted by atomic mass is 32.1. The van der Waals surface area contributed by atoms with Gasteiger partial charge in [-0.2, -0.15) is 0 Å². The SMILES string of the molecule is Cc1ccc(C(=O)O[C@@H]2[C@@H](OCc3ccccc3)[C@@H](Oc3cc(C(C)(C)C)ccc3C)[C@@H](COCc3ccccc3)O[C@H]2S)cc1. The van der Waals surface area contributed by atoms with Crippen LogP contribution in [0.5, 0.6) is 5.75 Å². The summed E-state index contributed by atoms with van der Waals surface area (Å²) in [4.78, 5) is 13.4. The lowest BCUT2D eigenvalue weighted by atomic mass is 9.86. The van der Waals surface area contributed by atoms with Crippen molar-refractivity contribution in [3.05, 3.63) is 137 Å². The van der Waals surface area contributed by atoms with Gasteiger partial charge in [0.1, 0.15) is 23.4 Å². The Morgan fingerprint density at radius 2 is 1.41 bits per heavy atom. The van der Waals surface area contributed by atoms with E-state index < -0.39 is 35.8 Å². The molecule has 0 amide bonds. The summed E-state index contributed by atoms with van der Waals surface area (Å²) in [6, 6.07) is 33.4. The average molecular weight is 641 g/mol. The second-order valence-corrected chi connectivity index (χ2v) is 13.4. The van der Waals surface area contributed by atoms with E-state index in [4.69, 9.17) is 36.3 Å². The van der Waals surface area contributed by atoms with Crippen LogP contribution >= 0.6 is 12.6 Å². The lowest BCUT2D eigenvalue weighted by Gasteiger charge is -2.44. The van der Waals surface area contributed by atoms with Gasteiger partial charge in [0.2, 0.25) is 0 Å². The van der Waals surface area contributed by atoms with Gasteiger partial charge in [-0.25, -0.2) is 4.79 Å². The second kappa shape index (κ2) is 15.3. The van der Waals surface area contributed by atoms with E-state index in [1.54, 1.807) is 12.1 Å². The van der Waals surface area contributed by atoms with Crippen LogP contribution in [0.15, 0.2) is 103 Å². The Labute approximate surface area is 278 Å². The zero-order chi connectivity index (χ0) is 32.7. The highest BCUT2D eigenvalue weighted by Crippen LogP contribution is 2.35. The first-order valence-electron chi connectivity index (χ1n) is 15.7. The Kier molecular flexibility index (Phi) is 11.2. The Hall–Kier alpha value is -3.62. The molecular formula is C39H44O6S. The second-order valence-electron chi connectivity index (χ2n) is 12.9. The van der Waals surface area contributed by atoms with Gasteiger partial charge in [-0.15, -0.1) is 12.6 Å². The Morgan fingerprint density at radius 3 is 2.04 bits per heavy atom. The van der Waals surface area contributed by atoms with Crippen molar-refractivity contribution in [2.45, 2.75) is 83.1 Å². The summed E-state index contributed by atoms with van der Waals surface area (Å²) >= 11 is 4.80. The molecule has 7 heteroatoms. The van der Waals surface area contributed by atoms with Gasteiger partial charge in [0.15, 0.2) is 12.2 Å². The van der Waals surface area contributed by atoms with Gasteiger partial charge in [-0.1, -0.05) is 111 Å². The monoisotopic (exact) mass is 640 g/mol. The minimum atomic E-state index is -0.873. The van der Waals surface area contributed by atoms with Crippen molar-refractivity contribution in [3.8, 4) is 5.75 Å². The van der Waals surface area contributed by atoms with E-state index in [0.717, 1.165) is 27.8 Å². The van der Waals surface area contributed by atoms with Gasteiger partial charge in [-0.05, 0) is 59.7 Å². The Morgan fingerprint density at radius 1 is 0.783 bits per heavy atom. The molecule has 242 valence electrons. The molecular weight excluding hydrogens is 596 g/mol. The van der Waals surface area contributed by atoms with Gasteiger partial charge in [0.05, 0.1) is 25.4 Å². The highest BCUT2D eigenvalue weighted by molar-refractivity contribution is 7.80. The molecule has 0 aromatic heterocycles. The smallest absolute Gasteiger partial charge is 0.338 e. The number of carbonyl (C=O) groups is 1. The molecule has 5 atom stereocenters. The Bertz CT molecular complexity index is 1550. The number of ether oxygens (including phenoxy) is 5. The number of hydrogen-bond acceptors (Lipinski definition) is 7. The first kappa shape index (κ1) is 33.7. The number of carbonyl (C=O) groups excluding carboxylic acids is 1. The van der Waals surface area contributed by atoms with Crippen LogP contribution in [0, 0.1) is 13.8 Å². The molecule has 0 N–H and O–H groups in total. The van der Waals surface area contributed by atoms with Crippen LogP contribution in [0.3, 0.4) is 0 Å². The van der Waals surface area contributed by atoms with Crippen molar-refractivity contribution in [1.29, 1.82) is 0 Å². The van der Waals surface area contributed by atoms with Crippen LogP contribution < -0.4 is 4.74 Å². The topological polar surface area (TPSA) is 63.2 Å². The van der Waals surface area contributed by atoms with Crippen LogP contribution in [0.4, 0.5) is 0 Å². The fraction of sp³-hybridized carbons (Fsp3) is 0.359. The quantitative estimate of drug-likeness (QED) is 0.132. The van der Waals surface area contributed by atoms with Crippen molar-refractivity contribution < 1.29 is 28.5 Å². The molecule has 0 radical (unpaired) electrons. The minimum absolute atomic E-state index is 0.0847. The molecule has 46 heavy (non-hydrogen) atoms. The lowest BCUT2D eigenvalue weighted by Crippen LogP contribution is -2.61. The summed E-state index contributed by atoms with van der Waals surface area (Å²) in [6.45, 7) is 11.4. The fourth-order valence-electron chi connectivity index (χ4n) is 5.34. The first-order valence-corrected chi connectivity index (χ1v) is 16.3. The van der Waals surface area contributed by atoms with E-state index in [9.17, 15) is 4.79 Å². The summed E-state index contributed by atoms with van der Waals surface area (Å²) in [5.41, 5.74) is 4.75. The Balaban J connectivity index is 1.48. The van der Waals surface area contributed by atoms with E-state index in [1.807, 2.05) is 86.6 Å². The summed E-state index contributed by atoms with van der Waals surface area (Å²) in [5.74, 6) is 0.230. The van der Waals surface area contributed by atoms with Gasteiger partial charge in [-0.3, -0.25) is 0 Å². The summed E-state index contributed by atoms with van der Waals surface area (Å²) < 4.78 is 32.3. The first-order chi connectivity index (χ1) is 22.1. The van der Waals surface area contributed by atoms with Crippen LogP contribution in [0.1, 0.15) is 58.9 Å². The standard InChI is InChI=1S/C39H44O6S/c1-26-16-19-30(20-17-26)37(40)45-36-35(42-24-29-14-10-7-11-15-29)34(43-32-22-31(39(3,4)5)21-18-27(32)2)33(44-38(36)46)25-41-23-28-12-8-6-9-13-28/h6-22,33-36,38,46H,23-25H2,1-5H3/t33-,34+,35+,36-,38+/m1/s1. The molecule has 1 aliphatic rings. The van der Waals surface area contributed by atoms with Crippen LogP contribution in [0.25, 0.3) is 0 Å². The molecule has 1 heterocycles. The number of benzene rings is 4. The molecule has 1 fully saturated rings. The lowest BCUT2D eigenvalue weighted by molar-refractivity contribution is -0.220. The van der Waals surface area contributed by atoms with Crippen LogP contribution in [-0.4, -0.2) is 42.4 Å². The molecule has 1 aliphatic heterocycles. The average Bonchev–Trinajstić information content (AvgIpc) is 3.04. The van der Waals surface area contributed by atoms with Gasteiger partial charge in [0, 0.05) is 0 Å². The maximum atomic E-state index is 13.4. The summed E-state index contributed by atoms with van der Waals surface area (Å²) in [5, 5.41) is 0. The predicted molar refractivity (Wildman–Crippen MR) is 183 cm³/mol. The molecule has 6 nitrogen and oxygen atoms in total. The third-order valence-electron chi connectivity index (χ3n) is 8.14. The van der Waals surface area contributed by atoms with Gasteiger partial charge < -0.3 is 23.7 Å². The molecule has 0 aliphatic carbocycles. The number of aryl methyl sites for hydroxylation is 2. The fourth-order valence-corrected chi connectivity index (χ4v) is 5.73.